The van der Waals surface area contributed by atoms with Gasteiger partial charge in [0.05, 0.1) is 5.92 Å². The van der Waals surface area contributed by atoms with E-state index in [-0.39, 0.29) is 0 Å². The average molecular weight is 178 g/mol. The highest BCUT2D eigenvalue weighted by atomic mass is 19.3. The van der Waals surface area contributed by atoms with Crippen LogP contribution < -0.4 is 0 Å². The van der Waals surface area contributed by atoms with Crippen molar-refractivity contribution in [3.8, 4) is 0 Å². The van der Waals surface area contributed by atoms with Gasteiger partial charge in [-0.05, 0) is 19.8 Å². The molecule has 72 valence electrons. The normalized spacial score (nSPS) is 42.2. The summed E-state index contributed by atoms with van der Waals surface area (Å²) in [5.41, 5.74) is -1.09. The van der Waals surface area contributed by atoms with Gasteiger partial charge in [0.1, 0.15) is 5.60 Å². The van der Waals surface area contributed by atoms with Gasteiger partial charge in [0, 0.05) is 6.61 Å². The van der Waals surface area contributed by atoms with Crippen LogP contribution in [-0.4, -0.2) is 18.1 Å². The molecule has 1 aliphatic carbocycles. The molecular weight excluding hydrogens is 162 g/mol. The zero-order chi connectivity index (χ0) is 9.41. The lowest BCUT2D eigenvalue weighted by Gasteiger charge is -2.15. The second-order valence-corrected chi connectivity index (χ2v) is 3.27. The molecule has 2 aliphatic rings. The first-order valence-corrected chi connectivity index (χ1v) is 4.61. The number of hydrogen-bond acceptors (Lipinski definition) is 1. The minimum atomic E-state index is -2.54. The van der Waals surface area contributed by atoms with Crippen LogP contribution in [0.3, 0.4) is 0 Å². The molecule has 1 saturated carbocycles. The Bertz CT molecular complexity index is 170. The summed E-state index contributed by atoms with van der Waals surface area (Å²) < 4.78 is 30.5. The van der Waals surface area contributed by atoms with Gasteiger partial charge in [-0.2, -0.15) is 0 Å². The third kappa shape index (κ3) is 1.06. The lowest BCUT2D eigenvalue weighted by atomic mass is 10.1. The summed E-state index contributed by atoms with van der Waals surface area (Å²) in [5, 5.41) is 0. The van der Waals surface area contributed by atoms with E-state index in [1.54, 1.807) is 0 Å². The first-order chi connectivity index (χ1) is 5.59. The van der Waals surface area contributed by atoms with Gasteiger partial charge in [-0.25, -0.2) is 8.78 Å². The highest BCUT2D eigenvalue weighted by Crippen LogP contribution is 2.64. The van der Waals surface area contributed by atoms with E-state index in [0.717, 1.165) is 6.42 Å². The molecule has 2 unspecified atom stereocenters. The fourth-order valence-corrected chi connectivity index (χ4v) is 1.81. The summed E-state index contributed by atoms with van der Waals surface area (Å²) in [6.45, 7) is 6.01. The topological polar surface area (TPSA) is 9.23 Å². The smallest absolute Gasteiger partial charge is 0.282 e. The number of rotatable bonds is 0. The SMILES string of the molecule is CC.CC12OCCCC1C2(F)F. The number of fused-ring (bicyclic) bond motifs is 1. The average Bonchev–Trinajstić information content (AvgIpc) is 2.52. The third-order valence-electron chi connectivity index (χ3n) is 2.72. The Balaban J connectivity index is 0.000000336. The summed E-state index contributed by atoms with van der Waals surface area (Å²) >= 11 is 0. The molecule has 1 saturated heterocycles. The monoisotopic (exact) mass is 178 g/mol. The van der Waals surface area contributed by atoms with Crippen molar-refractivity contribution in [2.24, 2.45) is 5.92 Å². The van der Waals surface area contributed by atoms with E-state index in [1.807, 2.05) is 13.8 Å². The molecule has 1 nitrogen and oxygen atoms in total. The van der Waals surface area contributed by atoms with Crippen LogP contribution in [0.25, 0.3) is 0 Å². The Kier molecular flexibility index (Phi) is 2.43. The molecule has 2 atom stereocenters. The second-order valence-electron chi connectivity index (χ2n) is 3.27. The number of hydrogen-bond donors (Lipinski definition) is 0. The van der Waals surface area contributed by atoms with Gasteiger partial charge in [-0.15, -0.1) is 0 Å². The zero-order valence-corrected chi connectivity index (χ0v) is 7.86. The molecule has 0 N–H and O–H groups in total. The first-order valence-electron chi connectivity index (χ1n) is 4.61. The lowest BCUT2D eigenvalue weighted by molar-refractivity contribution is -0.0486. The molecule has 2 fully saturated rings. The maximum atomic E-state index is 12.8. The predicted octanol–water partition coefficient (Wildman–Crippen LogP) is 2.85. The molecule has 2 rings (SSSR count). The van der Waals surface area contributed by atoms with Gasteiger partial charge < -0.3 is 4.74 Å². The molecule has 0 bridgehead atoms. The van der Waals surface area contributed by atoms with Gasteiger partial charge in [0.15, 0.2) is 0 Å². The number of ether oxygens (including phenoxy) is 1. The minimum Gasteiger partial charge on any atom is -0.368 e. The number of alkyl halides is 2. The minimum absolute atomic E-state index is 0.492. The van der Waals surface area contributed by atoms with Gasteiger partial charge in [0.25, 0.3) is 5.92 Å². The summed E-state index contributed by atoms with van der Waals surface area (Å²) in [5.74, 6) is -3.03. The molecule has 0 aromatic heterocycles. The molecule has 0 spiro atoms. The maximum absolute atomic E-state index is 12.8. The van der Waals surface area contributed by atoms with Crippen molar-refractivity contribution < 1.29 is 13.5 Å². The second kappa shape index (κ2) is 2.95. The predicted molar refractivity (Wildman–Crippen MR) is 43.4 cm³/mol. The van der Waals surface area contributed by atoms with Gasteiger partial charge in [-0.1, -0.05) is 13.8 Å². The fourth-order valence-electron chi connectivity index (χ4n) is 1.81. The molecule has 1 aliphatic heterocycles. The Hall–Kier alpha value is -0.180. The van der Waals surface area contributed by atoms with Crippen molar-refractivity contribution in [2.45, 2.75) is 45.1 Å². The van der Waals surface area contributed by atoms with Crippen molar-refractivity contribution >= 4 is 0 Å². The molecule has 3 heteroatoms. The lowest BCUT2D eigenvalue weighted by Crippen LogP contribution is -2.21. The van der Waals surface area contributed by atoms with Crippen LogP contribution in [0.15, 0.2) is 0 Å². The van der Waals surface area contributed by atoms with Gasteiger partial charge >= 0.3 is 0 Å². The molecule has 0 aromatic rings. The molecule has 0 aromatic carbocycles. The molecule has 1 heterocycles. The molecule has 12 heavy (non-hydrogen) atoms. The van der Waals surface area contributed by atoms with Crippen LogP contribution in [0.1, 0.15) is 33.6 Å². The summed E-state index contributed by atoms with van der Waals surface area (Å²) in [6.07, 6.45) is 1.42. The Morgan fingerprint density at radius 2 is 1.92 bits per heavy atom. The van der Waals surface area contributed by atoms with E-state index in [4.69, 9.17) is 4.74 Å². The van der Waals surface area contributed by atoms with Crippen molar-refractivity contribution in [2.75, 3.05) is 6.61 Å². The van der Waals surface area contributed by atoms with E-state index in [2.05, 4.69) is 0 Å². The van der Waals surface area contributed by atoms with Gasteiger partial charge in [-0.3, -0.25) is 0 Å². The molecular formula is C9H16F2O. The fraction of sp³-hybridized carbons (Fsp3) is 1.00. The van der Waals surface area contributed by atoms with Crippen molar-refractivity contribution in [3.63, 3.8) is 0 Å². The van der Waals surface area contributed by atoms with Crippen molar-refractivity contribution in [1.29, 1.82) is 0 Å². The quantitative estimate of drug-likeness (QED) is 0.554. The van der Waals surface area contributed by atoms with E-state index in [1.165, 1.54) is 6.92 Å². The van der Waals surface area contributed by atoms with E-state index in [9.17, 15) is 8.78 Å². The number of halogens is 2. The zero-order valence-electron chi connectivity index (χ0n) is 7.86. The van der Waals surface area contributed by atoms with Crippen LogP contribution in [0, 0.1) is 5.92 Å². The van der Waals surface area contributed by atoms with E-state index >= 15 is 0 Å². The van der Waals surface area contributed by atoms with Crippen LogP contribution >= 0.6 is 0 Å². The standard InChI is InChI=1S/C7H10F2O.C2H6/c1-6-5(7(6,8)9)3-2-4-10-6;1-2/h5H,2-4H2,1H3;1-2H3. The molecule has 0 amide bonds. The largest absolute Gasteiger partial charge is 0.368 e. The van der Waals surface area contributed by atoms with Crippen LogP contribution in [0.4, 0.5) is 8.78 Å². The highest BCUT2D eigenvalue weighted by Gasteiger charge is 2.79. The van der Waals surface area contributed by atoms with Crippen molar-refractivity contribution in [1.82, 2.24) is 0 Å². The Morgan fingerprint density at radius 1 is 1.33 bits per heavy atom. The summed E-state index contributed by atoms with van der Waals surface area (Å²) in [4.78, 5) is 0. The van der Waals surface area contributed by atoms with Gasteiger partial charge in [0.2, 0.25) is 0 Å². The van der Waals surface area contributed by atoms with Crippen molar-refractivity contribution in [3.05, 3.63) is 0 Å². The van der Waals surface area contributed by atoms with Crippen LogP contribution in [0.2, 0.25) is 0 Å². The maximum Gasteiger partial charge on any atom is 0.282 e. The first kappa shape index (κ1) is 9.90. The Labute approximate surface area is 72.1 Å². The summed E-state index contributed by atoms with van der Waals surface area (Å²) in [7, 11) is 0. The van der Waals surface area contributed by atoms with E-state index in [0.29, 0.717) is 13.0 Å². The van der Waals surface area contributed by atoms with Crippen LogP contribution in [0.5, 0.6) is 0 Å². The summed E-state index contributed by atoms with van der Waals surface area (Å²) in [6, 6.07) is 0. The Morgan fingerprint density at radius 3 is 2.25 bits per heavy atom. The van der Waals surface area contributed by atoms with Crippen LogP contribution in [-0.2, 0) is 4.74 Å². The third-order valence-corrected chi connectivity index (χ3v) is 2.72. The molecule has 0 radical (unpaired) electrons. The highest BCUT2D eigenvalue weighted by molar-refractivity contribution is 5.19. The van der Waals surface area contributed by atoms with E-state index < -0.39 is 17.4 Å².